The second kappa shape index (κ2) is 45.3. The fraction of sp³-hybridized carbons (Fsp3) is 0.430. The lowest BCUT2D eigenvalue weighted by molar-refractivity contribution is -0.0712. The summed E-state index contributed by atoms with van der Waals surface area (Å²) in [6.07, 6.45) is 18.4. The summed E-state index contributed by atoms with van der Waals surface area (Å²) in [6, 6.07) is 30.2. The summed E-state index contributed by atoms with van der Waals surface area (Å²) in [6.45, 7) is 28.5. The molecular formula is C100H118Cl5F2N27O5S2. The van der Waals surface area contributed by atoms with Gasteiger partial charge in [0, 0.05) is 95.4 Å². The minimum absolute atomic E-state index is 0.131. The second-order valence-electron chi connectivity index (χ2n) is 38.0. The molecule has 744 valence electrons. The van der Waals surface area contributed by atoms with Crippen LogP contribution in [0.15, 0.2) is 122 Å². The predicted molar refractivity (Wildman–Crippen MR) is 552 cm³/mol. The van der Waals surface area contributed by atoms with Crippen molar-refractivity contribution in [1.82, 2.24) is 105 Å². The molecule has 2 atom stereocenters. The minimum atomic E-state index is -2.89. The fourth-order valence-corrected chi connectivity index (χ4v) is 24.2. The molecule has 0 aliphatic carbocycles. The SMILES string of the molecule is Cc1cc(Nc2nc(Cc3cc(C)c(C4CCN(C5CCS(=O)(=O)C5)CC4)cc3F)ncc2Cl)n[nH]1.Cc1cc(Nc2nc(Cc3cc(Cl)c(C4CCN(C5CCS(=O)(=O)C5)CC4)cc3C)ncc2Cl)n[nH]1.Cc1cc(Nc2nc(Nc3cc(C)c(C4CCN(C5COC5)CC4)cc3F)ncc2Cl)n[nH]1.Cc1cc(Nc2nc(Nc3cc(C)c(C4CCN(Cc5ccccn5)CC4)cc3C)ncc2Cl)n[nH]1. The van der Waals surface area contributed by atoms with Crippen molar-refractivity contribution in [2.75, 3.05) is 120 Å². The number of aromatic amines is 4. The summed E-state index contributed by atoms with van der Waals surface area (Å²) in [4.78, 5) is 49.5. The van der Waals surface area contributed by atoms with Crippen LogP contribution in [-0.2, 0) is 43.8 Å². The lowest BCUT2D eigenvalue weighted by Gasteiger charge is -2.41. The molecule has 7 fully saturated rings. The first-order valence-electron chi connectivity index (χ1n) is 47.8. The Morgan fingerprint density at radius 2 is 0.773 bits per heavy atom. The fourth-order valence-electron chi connectivity index (χ4n) is 19.8. The molecular weight excluding hydrogens is 1940 g/mol. The standard InChI is InChI=1S/C27H31ClN8.C25H30Cl2N6O2S.C25H30ClFN6O2S.C23H27ClFN7O/c1-17-13-24(31-27-30-15-23(28)26(33-27)32-25-14-19(3)34-35-25)18(2)12-22(17)20-7-10-36(11-8-20)16-21-6-4-5-9-29-21;1-15-9-20(17-3-6-33(7-4-17)19-5-8-36(34,35)14-19)21(26)11-18(15)12-23-28-13-22(27)25(29-23)30-24-10-16(2)31-32-24;1-15-9-18(11-23-28-13-21(26)25(29-23)30-24-10-16(2)31-32-24)22(27)12-20(15)17-3-6-33(7-4-17)19-5-8-36(34,35)14-19;1-13-7-20(19(25)9-17(13)15-3-5-32(6-4-15)16-11-33-12-16)27-23-26-10-18(24)22(29-23)28-21-8-14(2)30-31-21/h4-6,9,12-15,20H,7-8,10-11,16H2,1-3H3,(H3,30,31,32,33,34,35);9-11,13,17,19H,3-8,12,14H2,1-2H3,(H2,28,29,30,31,32);9-10,12-13,17,19H,3-8,11,14H2,1-2H3,(H2,28,29,30,31,32);7-10,15-16H,3-6,11-12H2,1-2H3,(H3,26,27,28,29,30,31). The molecule has 141 heavy (non-hydrogen) atoms. The molecule has 9 aromatic heterocycles. The van der Waals surface area contributed by atoms with Crippen molar-refractivity contribution in [2.45, 2.75) is 188 Å². The van der Waals surface area contributed by atoms with Crippen LogP contribution >= 0.6 is 58.0 Å². The van der Waals surface area contributed by atoms with Gasteiger partial charge in [-0.2, -0.15) is 30.4 Å². The first-order valence-corrected chi connectivity index (χ1v) is 53.4. The Balaban J connectivity index is 0.000000130. The number of hydrogen-bond donors (Lipinski definition) is 10. The summed E-state index contributed by atoms with van der Waals surface area (Å²) in [7, 11) is -5.75. The summed E-state index contributed by atoms with van der Waals surface area (Å²) >= 11 is 31.9. The van der Waals surface area contributed by atoms with E-state index in [0.717, 1.165) is 209 Å². The van der Waals surface area contributed by atoms with Gasteiger partial charge in [0.2, 0.25) is 11.9 Å². The summed E-state index contributed by atoms with van der Waals surface area (Å²) in [5.41, 5.74) is 18.2. The lowest BCUT2D eigenvalue weighted by Crippen LogP contribution is -2.51. The maximum atomic E-state index is 15.2. The van der Waals surface area contributed by atoms with E-state index in [1.807, 2.05) is 96.3 Å². The van der Waals surface area contributed by atoms with Gasteiger partial charge in [0.15, 0.2) is 66.2 Å². The van der Waals surface area contributed by atoms with Gasteiger partial charge in [-0.3, -0.25) is 45.0 Å². The van der Waals surface area contributed by atoms with Crippen molar-refractivity contribution < 1.29 is 30.4 Å². The number of aromatic nitrogens is 17. The van der Waals surface area contributed by atoms with Crippen LogP contribution < -0.4 is 31.9 Å². The Hall–Kier alpha value is -11.0. The van der Waals surface area contributed by atoms with Crippen molar-refractivity contribution in [2.24, 2.45) is 0 Å². The smallest absolute Gasteiger partial charge is 0.229 e. The highest BCUT2D eigenvalue weighted by Crippen LogP contribution is 2.42. The number of ether oxygens (including phenoxy) is 1. The zero-order valence-corrected chi connectivity index (χ0v) is 85.7. The normalized spacial score (nSPS) is 18.4. The Labute approximate surface area is 845 Å². The Morgan fingerprint density at radius 1 is 0.383 bits per heavy atom. The number of hydrogen-bond acceptors (Lipinski definition) is 28. The number of aryl methyl sites for hydroxylation is 9. The van der Waals surface area contributed by atoms with Crippen molar-refractivity contribution in [3.8, 4) is 0 Å². The van der Waals surface area contributed by atoms with E-state index >= 15 is 8.78 Å². The molecule has 4 aromatic carbocycles. The average molecular weight is 2060 g/mol. The zero-order valence-electron chi connectivity index (χ0n) is 80.3. The van der Waals surface area contributed by atoms with Crippen LogP contribution in [0.2, 0.25) is 25.1 Å². The van der Waals surface area contributed by atoms with Crippen molar-refractivity contribution in [3.05, 3.63) is 260 Å². The number of nitrogens with one attached hydrogen (secondary N) is 10. The quantitative estimate of drug-likeness (QED) is 0.0254. The number of H-pyrrole nitrogens is 4. The van der Waals surface area contributed by atoms with E-state index in [2.05, 4.69) is 188 Å². The Morgan fingerprint density at radius 3 is 1.19 bits per heavy atom. The highest BCUT2D eigenvalue weighted by molar-refractivity contribution is 7.92. The molecule has 10 N–H and O–H groups in total. The van der Waals surface area contributed by atoms with E-state index in [9.17, 15) is 16.8 Å². The lowest BCUT2D eigenvalue weighted by atomic mass is 9.85. The van der Waals surface area contributed by atoms with Gasteiger partial charge in [0.25, 0.3) is 0 Å². The van der Waals surface area contributed by atoms with Gasteiger partial charge in [0.05, 0.1) is 78.4 Å². The molecule has 16 heterocycles. The second-order valence-corrected chi connectivity index (χ2v) is 44.5. The van der Waals surface area contributed by atoms with Crippen LogP contribution in [0, 0.1) is 73.9 Å². The number of anilines is 12. The van der Waals surface area contributed by atoms with Gasteiger partial charge < -0.3 is 36.6 Å². The number of likely N-dealkylation sites (tertiary alicyclic amines) is 4. The predicted octanol–water partition coefficient (Wildman–Crippen LogP) is 19.8. The van der Waals surface area contributed by atoms with Crippen molar-refractivity contribution in [3.63, 3.8) is 0 Å². The third-order valence-corrected chi connectivity index (χ3v) is 32.5. The topological polar surface area (TPSA) is 393 Å². The van der Waals surface area contributed by atoms with Gasteiger partial charge in [-0.15, -0.1) is 0 Å². The third kappa shape index (κ3) is 26.4. The molecule has 2 unspecified atom stereocenters. The molecule has 13 aromatic rings. The summed E-state index contributed by atoms with van der Waals surface area (Å²) in [5, 5.41) is 49.2. The number of benzene rings is 4. The van der Waals surface area contributed by atoms with Gasteiger partial charge in [0.1, 0.15) is 43.4 Å². The molecule has 7 aliphatic heterocycles. The van der Waals surface area contributed by atoms with Crippen molar-refractivity contribution in [1.29, 1.82) is 0 Å². The zero-order chi connectivity index (χ0) is 98.9. The Bertz CT molecular complexity index is 6620. The molecule has 0 bridgehead atoms. The highest BCUT2D eigenvalue weighted by atomic mass is 35.5. The third-order valence-electron chi connectivity index (χ3n) is 27.6. The van der Waals surface area contributed by atoms with E-state index in [-0.39, 0.29) is 47.8 Å². The maximum absolute atomic E-state index is 15.2. The monoisotopic (exact) mass is 2050 g/mol. The minimum Gasteiger partial charge on any atom is -0.378 e. The van der Waals surface area contributed by atoms with Crippen LogP contribution in [0.25, 0.3) is 0 Å². The van der Waals surface area contributed by atoms with Crippen LogP contribution in [0.3, 0.4) is 0 Å². The first kappa shape index (κ1) is 101. The number of piperidine rings is 4. The molecule has 7 saturated heterocycles. The summed E-state index contributed by atoms with van der Waals surface area (Å²) < 4.78 is 83.0. The highest BCUT2D eigenvalue weighted by Gasteiger charge is 2.38. The molecule has 20 rings (SSSR count). The van der Waals surface area contributed by atoms with Gasteiger partial charge >= 0.3 is 0 Å². The molecule has 0 radical (unpaired) electrons. The Kier molecular flexibility index (Phi) is 32.6. The van der Waals surface area contributed by atoms with Gasteiger partial charge in [-0.05, 0) is 306 Å². The number of rotatable bonds is 25. The van der Waals surface area contributed by atoms with Crippen LogP contribution in [0.5, 0.6) is 0 Å². The van der Waals surface area contributed by atoms with E-state index in [1.165, 1.54) is 34.6 Å². The van der Waals surface area contributed by atoms with E-state index in [0.29, 0.717) is 143 Å². The average Bonchev–Trinajstić information content (AvgIpc) is 1.67. The summed E-state index contributed by atoms with van der Waals surface area (Å²) in [5.74, 6) is 8.29. The molecule has 0 saturated carbocycles. The molecule has 7 aliphatic rings. The van der Waals surface area contributed by atoms with E-state index in [1.54, 1.807) is 24.5 Å². The maximum Gasteiger partial charge on any atom is 0.229 e. The van der Waals surface area contributed by atoms with E-state index < -0.39 is 19.7 Å². The van der Waals surface area contributed by atoms with Gasteiger partial charge in [-0.25, -0.2) is 55.5 Å². The van der Waals surface area contributed by atoms with E-state index in [4.69, 9.17) is 62.7 Å². The first-order chi connectivity index (χ1) is 67.7. The number of nitrogens with zero attached hydrogens (tertiary/aromatic N) is 17. The molecule has 0 spiro atoms. The van der Waals surface area contributed by atoms with Crippen LogP contribution in [0.1, 0.15) is 189 Å². The number of sulfone groups is 2. The molecule has 41 heteroatoms. The molecule has 32 nitrogen and oxygen atoms in total. The number of pyridine rings is 1. The van der Waals surface area contributed by atoms with Crippen molar-refractivity contribution >= 4 is 147 Å². The van der Waals surface area contributed by atoms with Crippen LogP contribution in [0.4, 0.5) is 78.6 Å². The largest absolute Gasteiger partial charge is 0.378 e. The number of halogens is 7. The molecule has 0 amide bonds. The van der Waals surface area contributed by atoms with Gasteiger partial charge in [-0.1, -0.05) is 82.3 Å². The van der Waals surface area contributed by atoms with Crippen LogP contribution in [-0.4, -0.2) is 229 Å².